The number of thioether (sulfide) groups is 2. The molecule has 0 unspecified atom stereocenters. The summed E-state index contributed by atoms with van der Waals surface area (Å²) < 4.78 is 23.7. The molecule has 0 N–H and O–H groups in total. The van der Waals surface area contributed by atoms with Gasteiger partial charge in [0.05, 0.1) is 21.5 Å². The van der Waals surface area contributed by atoms with E-state index in [0.717, 1.165) is 0 Å². The van der Waals surface area contributed by atoms with Gasteiger partial charge in [0.1, 0.15) is 11.4 Å². The van der Waals surface area contributed by atoms with Crippen molar-refractivity contribution >= 4 is 57.8 Å². The normalized spacial score (nSPS) is 13.1. The fourth-order valence-electron chi connectivity index (χ4n) is 2.27. The van der Waals surface area contributed by atoms with Crippen molar-refractivity contribution in [3.63, 3.8) is 0 Å². The molecule has 0 saturated carbocycles. The van der Waals surface area contributed by atoms with Gasteiger partial charge >= 0.3 is 28.5 Å². The van der Waals surface area contributed by atoms with Gasteiger partial charge in [0.15, 0.2) is 0 Å². The molecule has 0 saturated heterocycles. The minimum Gasteiger partial charge on any atom is -0.460 e. The first-order valence-electron chi connectivity index (χ1n) is 12.2. The molecule has 1 atom stereocenters. The second-order valence-corrected chi connectivity index (χ2v) is 14.7. The van der Waals surface area contributed by atoms with Gasteiger partial charge in [-0.15, -0.1) is 0 Å². The lowest BCUT2D eigenvalue weighted by Crippen LogP contribution is -2.36. The molecule has 13 heteroatoms. The second-order valence-electron chi connectivity index (χ2n) is 12.2. The number of Topliss-reactive ketones (excluding diaryl/α,β-unsaturated/α-hetero) is 1. The van der Waals surface area contributed by atoms with Gasteiger partial charge in [0.25, 0.3) is 0 Å². The van der Waals surface area contributed by atoms with E-state index in [2.05, 4.69) is 0 Å². The Labute approximate surface area is 239 Å². The molecule has 39 heavy (non-hydrogen) atoms. The number of rotatable bonds is 11. The first-order chi connectivity index (χ1) is 17.5. The molecule has 0 rings (SSSR count). The van der Waals surface area contributed by atoms with Crippen LogP contribution < -0.4 is 0 Å². The van der Waals surface area contributed by atoms with Gasteiger partial charge in [-0.2, -0.15) is 0 Å². The van der Waals surface area contributed by atoms with Crippen LogP contribution in [0.5, 0.6) is 0 Å². The molecule has 0 heterocycles. The van der Waals surface area contributed by atoms with Crippen molar-refractivity contribution < 1.29 is 52.5 Å². The molecule has 0 radical (unpaired) electrons. The standard InChI is InChI=1S/C26H42O11S2/c1-23(2,3)19(29)33-14-35-21(31)38-13-16(18(28)37-25(7,8)9)12-17(27)26(10,11)39-22(32)36-15-34-20(30)24(4,5)6/h16H,12-15H2,1-11H3/t16-/m0/s1. The Morgan fingerprint density at radius 1 is 0.641 bits per heavy atom. The molecule has 0 bridgehead atoms. The highest BCUT2D eigenvalue weighted by molar-refractivity contribution is 8.15. The van der Waals surface area contributed by atoms with Crippen LogP contribution in [0.2, 0.25) is 0 Å². The maximum atomic E-state index is 13.1. The van der Waals surface area contributed by atoms with E-state index in [1.165, 1.54) is 13.8 Å². The van der Waals surface area contributed by atoms with E-state index in [0.29, 0.717) is 23.5 Å². The van der Waals surface area contributed by atoms with Crippen LogP contribution in [0, 0.1) is 16.7 Å². The van der Waals surface area contributed by atoms with E-state index in [-0.39, 0.29) is 12.2 Å². The first-order valence-corrected chi connectivity index (χ1v) is 14.0. The van der Waals surface area contributed by atoms with E-state index in [9.17, 15) is 28.8 Å². The first kappa shape index (κ1) is 36.7. The Balaban J connectivity index is 5.13. The van der Waals surface area contributed by atoms with Crippen molar-refractivity contribution in [2.24, 2.45) is 16.7 Å². The summed E-state index contributed by atoms with van der Waals surface area (Å²) in [5.41, 5.74) is -2.38. The number of carbonyl (C=O) groups is 6. The highest BCUT2D eigenvalue weighted by atomic mass is 32.2. The van der Waals surface area contributed by atoms with Gasteiger partial charge in [0.2, 0.25) is 13.6 Å². The number of esters is 3. The van der Waals surface area contributed by atoms with E-state index in [4.69, 9.17) is 23.7 Å². The summed E-state index contributed by atoms with van der Waals surface area (Å²) in [5, 5.41) is -1.65. The molecule has 0 fully saturated rings. The van der Waals surface area contributed by atoms with Gasteiger partial charge in [-0.3, -0.25) is 19.2 Å². The number of hydrogen-bond donors (Lipinski definition) is 0. The van der Waals surface area contributed by atoms with Gasteiger partial charge in [-0.25, -0.2) is 9.59 Å². The minimum atomic E-state index is -1.31. The Kier molecular flexibility index (Phi) is 14.0. The summed E-state index contributed by atoms with van der Waals surface area (Å²) in [4.78, 5) is 73.8. The number of ketones is 1. The van der Waals surface area contributed by atoms with Crippen molar-refractivity contribution in [2.75, 3.05) is 19.3 Å². The fourth-order valence-corrected chi connectivity index (χ4v) is 3.71. The van der Waals surface area contributed by atoms with Gasteiger partial charge < -0.3 is 23.7 Å². The maximum absolute atomic E-state index is 13.1. The number of carbonyl (C=O) groups excluding carboxylic acids is 6. The zero-order chi connectivity index (χ0) is 30.8. The predicted molar refractivity (Wildman–Crippen MR) is 147 cm³/mol. The van der Waals surface area contributed by atoms with Crippen LogP contribution in [0.1, 0.15) is 82.6 Å². The van der Waals surface area contributed by atoms with Crippen LogP contribution >= 0.6 is 23.5 Å². The zero-order valence-electron chi connectivity index (χ0n) is 24.7. The summed E-state index contributed by atoms with van der Waals surface area (Å²) in [7, 11) is 0. The van der Waals surface area contributed by atoms with Gasteiger partial charge in [0, 0.05) is 12.2 Å². The molecule has 0 aliphatic rings. The third-order valence-electron chi connectivity index (χ3n) is 4.54. The molecular weight excluding hydrogens is 552 g/mol. The van der Waals surface area contributed by atoms with Crippen LogP contribution in [0.3, 0.4) is 0 Å². The van der Waals surface area contributed by atoms with Crippen molar-refractivity contribution in [3.8, 4) is 0 Å². The van der Waals surface area contributed by atoms with Crippen LogP contribution in [0.25, 0.3) is 0 Å². The molecule has 0 aromatic rings. The van der Waals surface area contributed by atoms with E-state index in [1.807, 2.05) is 0 Å². The molecule has 0 aliphatic heterocycles. The lowest BCUT2D eigenvalue weighted by Gasteiger charge is -2.26. The zero-order valence-corrected chi connectivity index (χ0v) is 26.3. The summed E-state index contributed by atoms with van der Waals surface area (Å²) in [5.74, 6) is -3.47. The van der Waals surface area contributed by atoms with Crippen molar-refractivity contribution in [1.82, 2.24) is 0 Å². The number of hydrogen-bond acceptors (Lipinski definition) is 13. The molecule has 0 amide bonds. The monoisotopic (exact) mass is 594 g/mol. The lowest BCUT2D eigenvalue weighted by atomic mass is 9.97. The smallest absolute Gasteiger partial charge is 0.371 e. The largest absolute Gasteiger partial charge is 0.460 e. The summed E-state index contributed by atoms with van der Waals surface area (Å²) in [6.45, 7) is 16.7. The fraction of sp³-hybridized carbons (Fsp3) is 0.769. The molecule has 11 nitrogen and oxygen atoms in total. The average Bonchev–Trinajstić information content (AvgIpc) is 2.73. The Hall–Kier alpha value is -2.28. The van der Waals surface area contributed by atoms with Crippen LogP contribution in [-0.2, 0) is 42.9 Å². The van der Waals surface area contributed by atoms with Gasteiger partial charge in [-0.05, 0) is 99.7 Å². The Bertz CT molecular complexity index is 906. The van der Waals surface area contributed by atoms with E-state index >= 15 is 0 Å². The lowest BCUT2D eigenvalue weighted by molar-refractivity contribution is -0.161. The summed E-state index contributed by atoms with van der Waals surface area (Å²) in [6.07, 6.45) is -0.333. The second kappa shape index (κ2) is 14.9. The third-order valence-corrected chi connectivity index (χ3v) is 6.49. The average molecular weight is 595 g/mol. The van der Waals surface area contributed by atoms with Gasteiger partial charge in [-0.1, -0.05) is 0 Å². The molecular formula is C26H42O11S2. The van der Waals surface area contributed by atoms with Crippen molar-refractivity contribution in [3.05, 3.63) is 0 Å². The molecule has 0 aromatic heterocycles. The highest BCUT2D eigenvalue weighted by Gasteiger charge is 2.37. The Morgan fingerprint density at radius 3 is 1.49 bits per heavy atom. The Morgan fingerprint density at radius 2 is 1.08 bits per heavy atom. The van der Waals surface area contributed by atoms with Crippen LogP contribution in [0.15, 0.2) is 0 Å². The number of ether oxygens (including phenoxy) is 5. The molecule has 0 spiro atoms. The molecule has 0 aliphatic carbocycles. The molecule has 224 valence electrons. The van der Waals surface area contributed by atoms with E-state index in [1.54, 1.807) is 62.3 Å². The SMILES string of the molecule is CC(C)(C)OC(=O)[C@H](CSC(=O)OCOC(=O)C(C)(C)C)CC(=O)C(C)(C)SC(=O)OCOC(=O)C(C)(C)C. The summed E-state index contributed by atoms with van der Waals surface area (Å²) >= 11 is 1.20. The predicted octanol–water partition coefficient (Wildman–Crippen LogP) is 5.52. The maximum Gasteiger partial charge on any atom is 0.371 e. The topological polar surface area (TPSA) is 149 Å². The third kappa shape index (κ3) is 15.8. The quantitative estimate of drug-likeness (QED) is 0.168. The highest BCUT2D eigenvalue weighted by Crippen LogP contribution is 2.31. The van der Waals surface area contributed by atoms with Crippen molar-refractivity contribution in [2.45, 2.75) is 92.9 Å². The van der Waals surface area contributed by atoms with Crippen molar-refractivity contribution in [1.29, 1.82) is 0 Å². The minimum absolute atomic E-state index is 0.152. The van der Waals surface area contributed by atoms with Crippen LogP contribution in [-0.4, -0.2) is 64.0 Å². The summed E-state index contributed by atoms with van der Waals surface area (Å²) in [6, 6.07) is 0. The van der Waals surface area contributed by atoms with Crippen LogP contribution in [0.4, 0.5) is 9.59 Å². The molecule has 0 aromatic carbocycles. The van der Waals surface area contributed by atoms with E-state index < -0.39 is 75.0 Å².